The summed E-state index contributed by atoms with van der Waals surface area (Å²) in [6, 6.07) is 8.58. The van der Waals surface area contributed by atoms with Crippen molar-refractivity contribution in [2.75, 3.05) is 24.7 Å². The third kappa shape index (κ3) is 1.71. The van der Waals surface area contributed by atoms with Crippen molar-refractivity contribution in [1.29, 1.82) is 0 Å². The predicted octanol–water partition coefficient (Wildman–Crippen LogP) is 3.10. The highest BCUT2D eigenvalue weighted by atomic mass is 15.1. The molecule has 0 aromatic heterocycles. The number of benzene rings is 2. The average molecular weight is 214 g/mol. The van der Waals surface area contributed by atoms with E-state index >= 15 is 0 Å². The van der Waals surface area contributed by atoms with Crippen molar-refractivity contribution in [3.63, 3.8) is 0 Å². The van der Waals surface area contributed by atoms with Crippen LogP contribution >= 0.6 is 0 Å². The number of rotatable bonds is 1. The molecule has 0 bridgehead atoms. The Bertz CT molecular complexity index is 537. The Balaban J connectivity index is 2.90. The van der Waals surface area contributed by atoms with Crippen molar-refractivity contribution >= 4 is 22.1 Å². The molecule has 2 rings (SSSR count). The van der Waals surface area contributed by atoms with Gasteiger partial charge >= 0.3 is 0 Å². The minimum atomic E-state index is 0.860. The van der Waals surface area contributed by atoms with Crippen molar-refractivity contribution < 1.29 is 0 Å². The molecule has 16 heavy (non-hydrogen) atoms. The second kappa shape index (κ2) is 3.71. The number of hydrogen-bond acceptors (Lipinski definition) is 2. The molecule has 2 heteroatoms. The molecule has 0 saturated carbocycles. The third-order valence-corrected chi connectivity index (χ3v) is 2.83. The van der Waals surface area contributed by atoms with Gasteiger partial charge in [-0.1, -0.05) is 12.1 Å². The van der Waals surface area contributed by atoms with Gasteiger partial charge < -0.3 is 10.6 Å². The van der Waals surface area contributed by atoms with Crippen molar-refractivity contribution in [3.8, 4) is 0 Å². The second-order valence-corrected chi connectivity index (χ2v) is 4.63. The summed E-state index contributed by atoms with van der Waals surface area (Å²) in [5.74, 6) is 0. The summed E-state index contributed by atoms with van der Waals surface area (Å²) in [5.41, 5.74) is 10.6. The van der Waals surface area contributed by atoms with E-state index in [0.29, 0.717) is 0 Å². The fourth-order valence-corrected chi connectivity index (χ4v) is 2.18. The molecule has 0 fully saturated rings. The zero-order valence-electron chi connectivity index (χ0n) is 10.3. The quantitative estimate of drug-likeness (QED) is 0.739. The number of nitrogens with zero attached hydrogens (tertiary/aromatic N) is 1. The fraction of sp³-hybridized carbons (Fsp3) is 0.286. The van der Waals surface area contributed by atoms with E-state index in [1.54, 1.807) is 0 Å². The normalized spacial score (nSPS) is 10.8. The molecule has 2 N–H and O–H groups in total. The maximum Gasteiger partial charge on any atom is 0.0464 e. The first-order chi connectivity index (χ1) is 7.49. The molecule has 0 atom stereocenters. The zero-order valence-corrected chi connectivity index (χ0v) is 10.3. The van der Waals surface area contributed by atoms with Crippen LogP contribution in [-0.4, -0.2) is 14.1 Å². The number of fused-ring (bicyclic) bond motifs is 1. The van der Waals surface area contributed by atoms with Crippen LogP contribution in [-0.2, 0) is 0 Å². The molecule has 0 heterocycles. The highest BCUT2D eigenvalue weighted by Gasteiger charge is 2.08. The van der Waals surface area contributed by atoms with Gasteiger partial charge in [0.15, 0.2) is 0 Å². The Morgan fingerprint density at radius 2 is 1.50 bits per heavy atom. The van der Waals surface area contributed by atoms with Crippen LogP contribution in [0.5, 0.6) is 0 Å². The first kappa shape index (κ1) is 10.8. The molecule has 0 spiro atoms. The van der Waals surface area contributed by atoms with E-state index < -0.39 is 0 Å². The minimum Gasteiger partial charge on any atom is -0.398 e. The molecule has 0 radical (unpaired) electrons. The average Bonchev–Trinajstić information content (AvgIpc) is 2.14. The third-order valence-electron chi connectivity index (χ3n) is 2.83. The van der Waals surface area contributed by atoms with Crippen LogP contribution in [0.25, 0.3) is 10.8 Å². The maximum absolute atomic E-state index is 6.12. The van der Waals surface area contributed by atoms with Crippen LogP contribution in [0.2, 0.25) is 0 Å². The van der Waals surface area contributed by atoms with Gasteiger partial charge in [0.1, 0.15) is 0 Å². The van der Waals surface area contributed by atoms with Gasteiger partial charge in [-0.05, 0) is 42.5 Å². The molecule has 0 amide bonds. The van der Waals surface area contributed by atoms with E-state index in [1.165, 1.54) is 22.2 Å². The van der Waals surface area contributed by atoms with Crippen molar-refractivity contribution in [3.05, 3.63) is 35.4 Å². The highest BCUT2D eigenvalue weighted by molar-refractivity contribution is 6.03. The molecule has 0 saturated heterocycles. The van der Waals surface area contributed by atoms with Gasteiger partial charge in [0.05, 0.1) is 0 Å². The Hall–Kier alpha value is -1.70. The van der Waals surface area contributed by atoms with E-state index in [2.05, 4.69) is 36.9 Å². The lowest BCUT2D eigenvalue weighted by molar-refractivity contribution is 1.14. The summed E-state index contributed by atoms with van der Waals surface area (Å²) in [5, 5.41) is 2.38. The summed E-state index contributed by atoms with van der Waals surface area (Å²) in [7, 11) is 4.10. The van der Waals surface area contributed by atoms with Gasteiger partial charge in [-0.15, -0.1) is 0 Å². The van der Waals surface area contributed by atoms with Crippen LogP contribution in [0.4, 0.5) is 11.4 Å². The van der Waals surface area contributed by atoms with Crippen LogP contribution in [0.15, 0.2) is 24.3 Å². The monoisotopic (exact) mass is 214 g/mol. The predicted molar refractivity (Wildman–Crippen MR) is 72.2 cm³/mol. The minimum absolute atomic E-state index is 0.860. The second-order valence-electron chi connectivity index (χ2n) is 4.63. The number of hydrogen-bond donors (Lipinski definition) is 1. The van der Waals surface area contributed by atoms with Gasteiger partial charge in [-0.25, -0.2) is 0 Å². The molecular formula is C14H18N2. The van der Waals surface area contributed by atoms with Gasteiger partial charge in [0.25, 0.3) is 0 Å². The lowest BCUT2D eigenvalue weighted by Crippen LogP contribution is -2.10. The van der Waals surface area contributed by atoms with Crippen LogP contribution < -0.4 is 10.6 Å². The van der Waals surface area contributed by atoms with Gasteiger partial charge in [-0.3, -0.25) is 0 Å². The lowest BCUT2D eigenvalue weighted by atomic mass is 10.0. The first-order valence-corrected chi connectivity index (χ1v) is 5.47. The zero-order chi connectivity index (χ0) is 11.9. The van der Waals surface area contributed by atoms with E-state index in [4.69, 9.17) is 5.73 Å². The molecule has 0 aliphatic rings. The smallest absolute Gasteiger partial charge is 0.0464 e. The standard InChI is InChI=1S/C14H18N2/c1-9-5-11-6-10(2)8-13(16(3)4)14(11)12(15)7-9/h5-8H,15H2,1-4H3. The summed E-state index contributed by atoms with van der Waals surface area (Å²) in [4.78, 5) is 2.11. The van der Waals surface area contributed by atoms with E-state index in [1.807, 2.05) is 20.2 Å². The number of nitrogens with two attached hydrogens (primary N) is 1. The SMILES string of the molecule is Cc1cc(N)c2c(N(C)C)cc(C)cc2c1. The number of nitrogen functional groups attached to an aromatic ring is 1. The summed E-state index contributed by atoms with van der Waals surface area (Å²) < 4.78 is 0. The fourth-order valence-electron chi connectivity index (χ4n) is 2.18. The molecule has 84 valence electrons. The topological polar surface area (TPSA) is 29.3 Å². The Kier molecular flexibility index (Phi) is 2.50. The van der Waals surface area contributed by atoms with Gasteiger partial charge in [0.2, 0.25) is 0 Å². The molecular weight excluding hydrogens is 196 g/mol. The van der Waals surface area contributed by atoms with E-state index in [-0.39, 0.29) is 0 Å². The van der Waals surface area contributed by atoms with Crippen LogP contribution in [0.1, 0.15) is 11.1 Å². The van der Waals surface area contributed by atoms with Crippen LogP contribution in [0.3, 0.4) is 0 Å². The molecule has 2 nitrogen and oxygen atoms in total. The summed E-state index contributed by atoms with van der Waals surface area (Å²) in [6.07, 6.45) is 0. The lowest BCUT2D eigenvalue weighted by Gasteiger charge is -2.18. The molecule has 2 aromatic carbocycles. The van der Waals surface area contributed by atoms with E-state index in [9.17, 15) is 0 Å². The maximum atomic E-state index is 6.12. The summed E-state index contributed by atoms with van der Waals surface area (Å²) >= 11 is 0. The van der Waals surface area contributed by atoms with Crippen LogP contribution in [0, 0.1) is 13.8 Å². The number of anilines is 2. The van der Waals surface area contributed by atoms with E-state index in [0.717, 1.165) is 11.1 Å². The van der Waals surface area contributed by atoms with Gasteiger partial charge in [-0.2, -0.15) is 0 Å². The number of aryl methyl sites for hydroxylation is 2. The first-order valence-electron chi connectivity index (χ1n) is 5.47. The largest absolute Gasteiger partial charge is 0.398 e. The highest BCUT2D eigenvalue weighted by Crippen LogP contribution is 2.32. The van der Waals surface area contributed by atoms with Crippen molar-refractivity contribution in [2.24, 2.45) is 0 Å². The van der Waals surface area contributed by atoms with Gasteiger partial charge in [0, 0.05) is 30.9 Å². The Morgan fingerprint density at radius 1 is 0.938 bits per heavy atom. The summed E-state index contributed by atoms with van der Waals surface area (Å²) in [6.45, 7) is 4.19. The van der Waals surface area contributed by atoms with Crippen molar-refractivity contribution in [2.45, 2.75) is 13.8 Å². The Labute approximate surface area is 96.7 Å². The molecule has 2 aromatic rings. The molecule has 0 aliphatic carbocycles. The molecule has 0 aliphatic heterocycles. The van der Waals surface area contributed by atoms with Crippen molar-refractivity contribution in [1.82, 2.24) is 0 Å². The molecule has 0 unspecified atom stereocenters. The Morgan fingerprint density at radius 3 is 2.06 bits per heavy atom.